The van der Waals surface area contributed by atoms with E-state index in [-0.39, 0.29) is 5.92 Å². The van der Waals surface area contributed by atoms with Crippen molar-refractivity contribution in [1.82, 2.24) is 4.98 Å². The van der Waals surface area contributed by atoms with Gasteiger partial charge in [0.2, 0.25) is 0 Å². The third kappa shape index (κ3) is 4.25. The number of nitrogens with one attached hydrogen (secondary N) is 1. The number of pyridine rings is 1. The molecule has 1 atom stereocenters. The van der Waals surface area contributed by atoms with Crippen molar-refractivity contribution in [3.8, 4) is 6.07 Å². The monoisotopic (exact) mass is 246 g/mol. The molecule has 1 heterocycles. The summed E-state index contributed by atoms with van der Waals surface area (Å²) in [5, 5.41) is 12.2. The number of aromatic nitrogens is 1. The molecule has 1 N–H and O–H groups in total. The fourth-order valence-electron chi connectivity index (χ4n) is 1.76. The van der Waals surface area contributed by atoms with Gasteiger partial charge in [-0.2, -0.15) is 5.26 Å². The molecule has 0 radical (unpaired) electrons. The molecule has 0 saturated carbocycles. The van der Waals surface area contributed by atoms with Crippen molar-refractivity contribution in [2.24, 2.45) is 5.92 Å². The summed E-state index contributed by atoms with van der Waals surface area (Å²) in [6.07, 6.45) is 4.78. The normalized spacial score (nSPS) is 11.7. The second-order valence-corrected chi connectivity index (χ2v) is 4.43. The van der Waals surface area contributed by atoms with Crippen molar-refractivity contribution in [1.29, 1.82) is 5.26 Å². The Morgan fingerprint density at radius 2 is 2.22 bits per heavy atom. The molecule has 0 aliphatic rings. The highest BCUT2D eigenvalue weighted by atomic mass is 15.1. The third-order valence-corrected chi connectivity index (χ3v) is 2.76. The van der Waals surface area contributed by atoms with Crippen LogP contribution in [0.5, 0.6) is 0 Å². The van der Waals surface area contributed by atoms with Gasteiger partial charge in [0.05, 0.1) is 35.8 Å². The van der Waals surface area contributed by atoms with Crippen molar-refractivity contribution >= 4 is 11.4 Å². The zero-order chi connectivity index (χ0) is 13.4. The molecule has 1 aromatic heterocycles. The van der Waals surface area contributed by atoms with E-state index in [1.54, 1.807) is 0 Å². The van der Waals surface area contributed by atoms with Gasteiger partial charge in [-0.25, -0.2) is 0 Å². The molecule has 0 aromatic carbocycles. The molecule has 1 rings (SSSR count). The van der Waals surface area contributed by atoms with Gasteiger partial charge in [0.1, 0.15) is 0 Å². The van der Waals surface area contributed by atoms with E-state index in [0.717, 1.165) is 37.4 Å². The van der Waals surface area contributed by atoms with Crippen molar-refractivity contribution in [3.63, 3.8) is 0 Å². The number of hydrogen-bond acceptors (Lipinski definition) is 4. The van der Waals surface area contributed by atoms with E-state index in [1.165, 1.54) is 0 Å². The maximum atomic E-state index is 8.89. The molecule has 0 amide bonds. The number of hydrogen-bond donors (Lipinski definition) is 1. The molecule has 1 unspecified atom stereocenters. The van der Waals surface area contributed by atoms with E-state index in [9.17, 15) is 0 Å². The van der Waals surface area contributed by atoms with E-state index in [4.69, 9.17) is 5.26 Å². The zero-order valence-corrected chi connectivity index (χ0v) is 11.5. The summed E-state index contributed by atoms with van der Waals surface area (Å²) in [6, 6.07) is 4.36. The third-order valence-electron chi connectivity index (χ3n) is 2.76. The summed E-state index contributed by atoms with van der Waals surface area (Å²) in [5.41, 5.74) is 2.11. The average Bonchev–Trinajstić information content (AvgIpc) is 2.42. The Labute approximate surface area is 110 Å². The smallest absolute Gasteiger partial charge is 0.0671 e. The summed E-state index contributed by atoms with van der Waals surface area (Å²) < 4.78 is 0. The van der Waals surface area contributed by atoms with Crippen LogP contribution in [0.15, 0.2) is 18.5 Å². The molecule has 4 heteroatoms. The van der Waals surface area contributed by atoms with Crippen molar-refractivity contribution in [3.05, 3.63) is 18.5 Å². The van der Waals surface area contributed by atoms with Gasteiger partial charge in [0.25, 0.3) is 0 Å². The van der Waals surface area contributed by atoms with Crippen LogP contribution in [0.25, 0.3) is 0 Å². The van der Waals surface area contributed by atoms with Crippen molar-refractivity contribution in [2.45, 2.75) is 27.2 Å². The second-order valence-electron chi connectivity index (χ2n) is 4.43. The van der Waals surface area contributed by atoms with Crippen LogP contribution >= 0.6 is 0 Å². The molecule has 0 aliphatic carbocycles. The van der Waals surface area contributed by atoms with E-state index >= 15 is 0 Å². The lowest BCUT2D eigenvalue weighted by atomic mass is 10.2. The lowest BCUT2D eigenvalue weighted by molar-refractivity contribution is 0.685. The molecule has 4 nitrogen and oxygen atoms in total. The summed E-state index contributed by atoms with van der Waals surface area (Å²) in [6.45, 7) is 8.74. The van der Waals surface area contributed by atoms with Crippen LogP contribution < -0.4 is 10.2 Å². The number of nitriles is 1. The summed E-state index contributed by atoms with van der Waals surface area (Å²) in [7, 11) is 0. The van der Waals surface area contributed by atoms with Crippen LogP contribution in [0.4, 0.5) is 11.4 Å². The van der Waals surface area contributed by atoms with Crippen molar-refractivity contribution in [2.75, 3.05) is 29.9 Å². The Kier molecular flexibility index (Phi) is 5.99. The molecule has 0 spiro atoms. The Hall–Kier alpha value is -1.76. The molecule has 0 saturated heterocycles. The molecular weight excluding hydrogens is 224 g/mol. The quantitative estimate of drug-likeness (QED) is 0.803. The van der Waals surface area contributed by atoms with E-state index in [1.807, 2.05) is 19.3 Å². The van der Waals surface area contributed by atoms with Gasteiger partial charge in [-0.05, 0) is 26.3 Å². The van der Waals surface area contributed by atoms with Crippen LogP contribution in [0.1, 0.15) is 27.2 Å². The zero-order valence-electron chi connectivity index (χ0n) is 11.5. The fraction of sp³-hybridized carbons (Fsp3) is 0.571. The highest BCUT2D eigenvalue weighted by molar-refractivity contribution is 5.55. The fourth-order valence-corrected chi connectivity index (χ4v) is 1.76. The standard InChI is InChI=1S/C14H22N4/c1-4-6-17-13-7-14(10-16-9-13)18(5-2)11-12(3)8-15/h7,9-10,12,17H,4-6,11H2,1-3H3. The maximum Gasteiger partial charge on any atom is 0.0671 e. The minimum atomic E-state index is 0.0252. The Morgan fingerprint density at radius 3 is 2.83 bits per heavy atom. The SMILES string of the molecule is CCCNc1cncc(N(CC)CC(C)C#N)c1. The molecule has 18 heavy (non-hydrogen) atoms. The summed E-state index contributed by atoms with van der Waals surface area (Å²) >= 11 is 0. The van der Waals surface area contributed by atoms with Crippen LogP contribution in [0.3, 0.4) is 0 Å². The maximum absolute atomic E-state index is 8.89. The van der Waals surface area contributed by atoms with Gasteiger partial charge in [0, 0.05) is 19.6 Å². The van der Waals surface area contributed by atoms with Gasteiger partial charge < -0.3 is 10.2 Å². The van der Waals surface area contributed by atoms with Crippen LogP contribution in [0.2, 0.25) is 0 Å². The van der Waals surface area contributed by atoms with E-state index in [0.29, 0.717) is 0 Å². The van der Waals surface area contributed by atoms with Gasteiger partial charge in [-0.3, -0.25) is 4.98 Å². The van der Waals surface area contributed by atoms with Crippen LogP contribution in [-0.2, 0) is 0 Å². The van der Waals surface area contributed by atoms with Crippen LogP contribution in [0, 0.1) is 17.2 Å². The Bertz CT molecular complexity index is 397. The minimum Gasteiger partial charge on any atom is -0.384 e. The van der Waals surface area contributed by atoms with E-state index in [2.05, 4.69) is 41.2 Å². The van der Waals surface area contributed by atoms with Gasteiger partial charge in [0.15, 0.2) is 0 Å². The summed E-state index contributed by atoms with van der Waals surface area (Å²) in [5.74, 6) is 0.0252. The van der Waals surface area contributed by atoms with Gasteiger partial charge in [-0.15, -0.1) is 0 Å². The Balaban J connectivity index is 2.76. The predicted octanol–water partition coefficient (Wildman–Crippen LogP) is 2.89. The van der Waals surface area contributed by atoms with Gasteiger partial charge >= 0.3 is 0 Å². The van der Waals surface area contributed by atoms with Crippen molar-refractivity contribution < 1.29 is 0 Å². The first-order chi connectivity index (χ1) is 8.71. The average molecular weight is 246 g/mol. The highest BCUT2D eigenvalue weighted by Crippen LogP contribution is 2.18. The van der Waals surface area contributed by atoms with Gasteiger partial charge in [-0.1, -0.05) is 6.92 Å². The summed E-state index contributed by atoms with van der Waals surface area (Å²) in [4.78, 5) is 6.43. The largest absolute Gasteiger partial charge is 0.384 e. The predicted molar refractivity (Wildman–Crippen MR) is 75.7 cm³/mol. The first-order valence-electron chi connectivity index (χ1n) is 6.54. The Morgan fingerprint density at radius 1 is 1.44 bits per heavy atom. The molecular formula is C14H22N4. The topological polar surface area (TPSA) is 52.0 Å². The number of rotatable bonds is 7. The molecule has 0 bridgehead atoms. The molecule has 98 valence electrons. The first kappa shape index (κ1) is 14.3. The number of anilines is 2. The lowest BCUT2D eigenvalue weighted by Crippen LogP contribution is -2.27. The number of nitrogens with zero attached hydrogens (tertiary/aromatic N) is 3. The van der Waals surface area contributed by atoms with E-state index < -0.39 is 0 Å². The molecule has 0 fully saturated rings. The van der Waals surface area contributed by atoms with Crippen LogP contribution in [-0.4, -0.2) is 24.6 Å². The lowest BCUT2D eigenvalue weighted by Gasteiger charge is -2.24. The highest BCUT2D eigenvalue weighted by Gasteiger charge is 2.09. The second kappa shape index (κ2) is 7.54. The minimum absolute atomic E-state index is 0.0252. The molecule has 0 aliphatic heterocycles. The molecule has 1 aromatic rings. The first-order valence-corrected chi connectivity index (χ1v) is 6.54.